The second-order valence-corrected chi connectivity index (χ2v) is 9.38. The van der Waals surface area contributed by atoms with Crippen LogP contribution < -0.4 is 0 Å². The summed E-state index contributed by atoms with van der Waals surface area (Å²) in [6.45, 7) is 0.610. The zero-order valence-corrected chi connectivity index (χ0v) is 19.3. The van der Waals surface area contributed by atoms with Crippen molar-refractivity contribution in [1.82, 2.24) is 35.5 Å². The number of tetrazole rings is 1. The number of thiocarbonyl (C=S) groups is 1. The van der Waals surface area contributed by atoms with Crippen LogP contribution in [0.3, 0.4) is 0 Å². The Bertz CT molecular complexity index is 1330. The van der Waals surface area contributed by atoms with E-state index in [2.05, 4.69) is 31.7 Å². The summed E-state index contributed by atoms with van der Waals surface area (Å²) >= 11 is 6.80. The quantitative estimate of drug-likeness (QED) is 0.222. The standard InChI is InChI=1S/C23H21N7OS2/c31-22-20(33-23(32)30(22)12-3-1-2-7-21-26-28-29-27-21)14-17-5-4-6-19(25-17)15-8-9-18-16(13-15)10-11-24-18/h4-6,8-11,13-14,24H,1-3,7,12H2,(H,26,27,28,29)/b20-14-. The van der Waals surface area contributed by atoms with Gasteiger partial charge < -0.3 is 4.98 Å². The molecule has 0 saturated carbocycles. The van der Waals surface area contributed by atoms with E-state index in [1.165, 1.54) is 11.8 Å². The van der Waals surface area contributed by atoms with E-state index < -0.39 is 0 Å². The van der Waals surface area contributed by atoms with Crippen LogP contribution in [0, 0.1) is 0 Å². The van der Waals surface area contributed by atoms with Crippen molar-refractivity contribution in [3.63, 3.8) is 0 Å². The third-order valence-corrected chi connectivity index (χ3v) is 6.82. The Hall–Kier alpha value is -3.37. The van der Waals surface area contributed by atoms with Crippen molar-refractivity contribution in [3.05, 3.63) is 65.1 Å². The number of H-pyrrole nitrogens is 2. The highest BCUT2D eigenvalue weighted by molar-refractivity contribution is 8.26. The van der Waals surface area contributed by atoms with E-state index in [4.69, 9.17) is 17.2 Å². The Balaban J connectivity index is 1.23. The maximum Gasteiger partial charge on any atom is 0.266 e. The number of nitrogens with zero attached hydrogens (tertiary/aromatic N) is 5. The Morgan fingerprint density at radius 3 is 2.94 bits per heavy atom. The van der Waals surface area contributed by atoms with Crippen molar-refractivity contribution in [3.8, 4) is 11.3 Å². The van der Waals surface area contributed by atoms with Gasteiger partial charge >= 0.3 is 0 Å². The first-order chi connectivity index (χ1) is 16.2. The predicted molar refractivity (Wildman–Crippen MR) is 133 cm³/mol. The maximum atomic E-state index is 12.9. The minimum Gasteiger partial charge on any atom is -0.361 e. The molecular weight excluding hydrogens is 454 g/mol. The van der Waals surface area contributed by atoms with Crippen LogP contribution in [0.5, 0.6) is 0 Å². The number of fused-ring (bicyclic) bond motifs is 1. The number of aromatic nitrogens is 6. The van der Waals surface area contributed by atoms with Crippen molar-refractivity contribution in [2.24, 2.45) is 0 Å². The van der Waals surface area contributed by atoms with Gasteiger partial charge in [-0.1, -0.05) is 47.7 Å². The molecule has 1 aliphatic heterocycles. The second kappa shape index (κ2) is 9.63. The zero-order valence-electron chi connectivity index (χ0n) is 17.7. The Labute approximate surface area is 199 Å². The molecule has 0 atom stereocenters. The third kappa shape index (κ3) is 4.86. The molecule has 10 heteroatoms. The number of hydrogen-bond donors (Lipinski definition) is 2. The Morgan fingerprint density at radius 1 is 1.12 bits per heavy atom. The third-order valence-electron chi connectivity index (χ3n) is 5.44. The van der Waals surface area contributed by atoms with E-state index in [1.54, 1.807) is 4.90 Å². The number of aryl methyl sites for hydroxylation is 1. The number of benzene rings is 1. The van der Waals surface area contributed by atoms with Gasteiger partial charge in [0.1, 0.15) is 4.32 Å². The largest absolute Gasteiger partial charge is 0.361 e. The minimum atomic E-state index is -0.0517. The number of carbonyl (C=O) groups is 1. The average molecular weight is 476 g/mol. The molecule has 0 spiro atoms. The van der Waals surface area contributed by atoms with Crippen molar-refractivity contribution in [2.45, 2.75) is 25.7 Å². The molecule has 166 valence electrons. The smallest absolute Gasteiger partial charge is 0.266 e. The highest BCUT2D eigenvalue weighted by atomic mass is 32.2. The topological polar surface area (TPSA) is 103 Å². The summed E-state index contributed by atoms with van der Waals surface area (Å²) in [4.78, 5) is 23.2. The van der Waals surface area contributed by atoms with Crippen LogP contribution in [-0.2, 0) is 11.2 Å². The monoisotopic (exact) mass is 475 g/mol. The summed E-state index contributed by atoms with van der Waals surface area (Å²) in [6.07, 6.45) is 7.29. The van der Waals surface area contributed by atoms with Gasteiger partial charge in [-0.05, 0) is 49.2 Å². The SMILES string of the molecule is O=C1/C(=C/c2cccc(-c3ccc4[nH]ccc4c3)n2)SC(=S)N1CCCCCc1nn[nH]n1. The first-order valence-corrected chi connectivity index (χ1v) is 11.9. The predicted octanol–water partition coefficient (Wildman–Crippen LogP) is 4.36. The molecule has 2 N–H and O–H groups in total. The van der Waals surface area contributed by atoms with Crippen LogP contribution in [0.4, 0.5) is 0 Å². The fourth-order valence-electron chi connectivity index (χ4n) is 3.75. The van der Waals surface area contributed by atoms with E-state index in [9.17, 15) is 4.79 Å². The number of carbonyl (C=O) groups excluding carboxylic acids is 1. The van der Waals surface area contributed by atoms with E-state index in [0.717, 1.165) is 53.5 Å². The number of aromatic amines is 2. The number of pyridine rings is 1. The molecule has 1 saturated heterocycles. The lowest BCUT2D eigenvalue weighted by molar-refractivity contribution is -0.122. The molecule has 3 aromatic heterocycles. The fourth-order valence-corrected chi connectivity index (χ4v) is 5.04. The molecule has 1 aromatic carbocycles. The highest BCUT2D eigenvalue weighted by Gasteiger charge is 2.31. The summed E-state index contributed by atoms with van der Waals surface area (Å²) < 4.78 is 0.596. The molecule has 0 radical (unpaired) electrons. The van der Waals surface area contributed by atoms with Crippen LogP contribution in [-0.4, -0.2) is 52.3 Å². The van der Waals surface area contributed by atoms with E-state index in [-0.39, 0.29) is 5.91 Å². The van der Waals surface area contributed by atoms with Gasteiger partial charge in [0, 0.05) is 35.6 Å². The van der Waals surface area contributed by atoms with Crippen LogP contribution in [0.15, 0.2) is 53.6 Å². The maximum absolute atomic E-state index is 12.9. The zero-order chi connectivity index (χ0) is 22.6. The summed E-state index contributed by atoms with van der Waals surface area (Å²) in [5.74, 6) is 0.662. The van der Waals surface area contributed by atoms with Crippen molar-refractivity contribution >= 4 is 51.2 Å². The summed E-state index contributed by atoms with van der Waals surface area (Å²) in [5.41, 5.74) is 3.73. The Kier molecular flexibility index (Phi) is 6.27. The van der Waals surface area contributed by atoms with Gasteiger partial charge in [0.05, 0.1) is 16.3 Å². The number of hydrogen-bond acceptors (Lipinski definition) is 7. The van der Waals surface area contributed by atoms with Crippen molar-refractivity contribution in [2.75, 3.05) is 6.54 Å². The molecule has 0 aliphatic carbocycles. The number of rotatable bonds is 8. The van der Waals surface area contributed by atoms with Gasteiger partial charge in [0.25, 0.3) is 5.91 Å². The average Bonchev–Trinajstić information content (AvgIpc) is 3.56. The van der Waals surface area contributed by atoms with Crippen LogP contribution in [0.25, 0.3) is 28.2 Å². The van der Waals surface area contributed by atoms with Crippen molar-refractivity contribution in [1.29, 1.82) is 0 Å². The van der Waals surface area contributed by atoms with E-state index in [1.807, 2.05) is 48.7 Å². The molecule has 1 amide bonds. The van der Waals surface area contributed by atoms with Gasteiger partial charge in [0.15, 0.2) is 5.82 Å². The van der Waals surface area contributed by atoms with Gasteiger partial charge in [0.2, 0.25) is 0 Å². The van der Waals surface area contributed by atoms with Gasteiger partial charge in [-0.15, -0.1) is 10.2 Å². The molecular formula is C23H21N7OS2. The molecule has 1 fully saturated rings. The van der Waals surface area contributed by atoms with Crippen LogP contribution in [0.2, 0.25) is 0 Å². The lowest BCUT2D eigenvalue weighted by atomic mass is 10.1. The van der Waals surface area contributed by atoms with Crippen LogP contribution in [0.1, 0.15) is 30.8 Å². The number of nitrogens with one attached hydrogen (secondary N) is 2. The molecule has 5 rings (SSSR count). The molecule has 8 nitrogen and oxygen atoms in total. The fraction of sp³-hybridized carbons (Fsp3) is 0.217. The lowest BCUT2D eigenvalue weighted by Gasteiger charge is -2.13. The Morgan fingerprint density at radius 2 is 2.06 bits per heavy atom. The van der Waals surface area contributed by atoms with E-state index >= 15 is 0 Å². The highest BCUT2D eigenvalue weighted by Crippen LogP contribution is 2.33. The lowest BCUT2D eigenvalue weighted by Crippen LogP contribution is -2.29. The molecule has 0 unspecified atom stereocenters. The molecule has 4 heterocycles. The first-order valence-electron chi connectivity index (χ1n) is 10.7. The normalized spacial score (nSPS) is 15.3. The van der Waals surface area contributed by atoms with Gasteiger partial charge in [-0.2, -0.15) is 5.21 Å². The summed E-state index contributed by atoms with van der Waals surface area (Å²) in [6, 6.07) is 14.1. The number of unbranched alkanes of at least 4 members (excludes halogenated alkanes) is 2. The molecule has 33 heavy (non-hydrogen) atoms. The summed E-state index contributed by atoms with van der Waals surface area (Å²) in [5, 5.41) is 15.1. The minimum absolute atomic E-state index is 0.0517. The second-order valence-electron chi connectivity index (χ2n) is 7.70. The van der Waals surface area contributed by atoms with Gasteiger partial charge in [-0.3, -0.25) is 9.69 Å². The molecule has 0 bridgehead atoms. The van der Waals surface area contributed by atoms with Gasteiger partial charge in [-0.25, -0.2) is 4.98 Å². The number of thioether (sulfide) groups is 1. The molecule has 4 aromatic rings. The first kappa shape index (κ1) is 21.5. The summed E-state index contributed by atoms with van der Waals surface area (Å²) in [7, 11) is 0. The number of amides is 1. The van der Waals surface area contributed by atoms with Crippen molar-refractivity contribution < 1.29 is 4.79 Å². The molecule has 1 aliphatic rings. The van der Waals surface area contributed by atoms with E-state index in [0.29, 0.717) is 21.6 Å². The van der Waals surface area contributed by atoms with Crippen LogP contribution >= 0.6 is 24.0 Å².